The second-order valence-electron chi connectivity index (χ2n) is 8.22. The van der Waals surface area contributed by atoms with Gasteiger partial charge in [0.15, 0.2) is 11.6 Å². The molecule has 2 amide bonds. The number of benzene rings is 1. The third kappa shape index (κ3) is 3.26. The zero-order valence-corrected chi connectivity index (χ0v) is 14.9. The molecule has 0 radical (unpaired) electrons. The standard InChI is InChI=1S/C19H24F2N2O2/c1-18(2,3)17(25)23-10-13(12-6-7-14(20)15(21)9-12)19(11-23)8-4-5-16(24)22-19/h6-7,9,13H,4-5,8,10-11H2,1-3H3,(H,22,24)/t13-,19+/m0/s1. The molecule has 2 aliphatic rings. The number of rotatable bonds is 1. The highest BCUT2D eigenvalue weighted by Crippen LogP contribution is 2.42. The number of likely N-dealkylation sites (tertiary alicyclic amines) is 1. The molecule has 25 heavy (non-hydrogen) atoms. The molecule has 6 heteroatoms. The topological polar surface area (TPSA) is 49.4 Å². The molecule has 136 valence electrons. The number of amides is 2. The van der Waals surface area contributed by atoms with E-state index in [1.54, 1.807) is 11.0 Å². The molecule has 1 aromatic carbocycles. The number of halogens is 2. The summed E-state index contributed by atoms with van der Waals surface area (Å²) in [5.41, 5.74) is -0.533. The lowest BCUT2D eigenvalue weighted by atomic mass is 9.76. The van der Waals surface area contributed by atoms with Gasteiger partial charge in [0.1, 0.15) is 0 Å². The van der Waals surface area contributed by atoms with Crippen LogP contribution in [-0.2, 0) is 9.59 Å². The summed E-state index contributed by atoms with van der Waals surface area (Å²) in [6.07, 6.45) is 1.90. The van der Waals surface area contributed by atoms with Gasteiger partial charge in [-0.05, 0) is 30.5 Å². The minimum Gasteiger partial charge on any atom is -0.348 e. The largest absolute Gasteiger partial charge is 0.348 e. The lowest BCUT2D eigenvalue weighted by Gasteiger charge is -2.39. The van der Waals surface area contributed by atoms with Gasteiger partial charge in [-0.1, -0.05) is 26.8 Å². The Labute approximate surface area is 146 Å². The molecule has 1 aromatic rings. The number of hydrogen-bond donors (Lipinski definition) is 1. The van der Waals surface area contributed by atoms with Gasteiger partial charge in [0.2, 0.25) is 11.8 Å². The predicted molar refractivity (Wildman–Crippen MR) is 89.9 cm³/mol. The van der Waals surface area contributed by atoms with Crippen LogP contribution in [-0.4, -0.2) is 35.3 Å². The molecule has 0 bridgehead atoms. The molecule has 0 aliphatic carbocycles. The maximum Gasteiger partial charge on any atom is 0.228 e. The molecule has 2 saturated heterocycles. The van der Waals surface area contributed by atoms with Gasteiger partial charge in [-0.2, -0.15) is 0 Å². The average molecular weight is 350 g/mol. The summed E-state index contributed by atoms with van der Waals surface area (Å²) in [6, 6.07) is 3.85. The first kappa shape index (κ1) is 17.8. The van der Waals surface area contributed by atoms with E-state index in [0.717, 1.165) is 18.9 Å². The summed E-state index contributed by atoms with van der Waals surface area (Å²) < 4.78 is 27.1. The van der Waals surface area contributed by atoms with Crippen molar-refractivity contribution in [3.63, 3.8) is 0 Å². The van der Waals surface area contributed by atoms with Crippen molar-refractivity contribution in [1.82, 2.24) is 10.2 Å². The number of piperidine rings is 1. The Morgan fingerprint density at radius 2 is 2.00 bits per heavy atom. The van der Waals surface area contributed by atoms with Crippen molar-refractivity contribution in [2.24, 2.45) is 5.41 Å². The molecule has 4 nitrogen and oxygen atoms in total. The van der Waals surface area contributed by atoms with E-state index >= 15 is 0 Å². The van der Waals surface area contributed by atoms with Gasteiger partial charge < -0.3 is 10.2 Å². The van der Waals surface area contributed by atoms with Crippen molar-refractivity contribution < 1.29 is 18.4 Å². The quantitative estimate of drug-likeness (QED) is 0.847. The Morgan fingerprint density at radius 3 is 2.60 bits per heavy atom. The van der Waals surface area contributed by atoms with Crippen molar-refractivity contribution in [3.8, 4) is 0 Å². The molecule has 2 fully saturated rings. The van der Waals surface area contributed by atoms with Gasteiger partial charge in [-0.15, -0.1) is 0 Å². The van der Waals surface area contributed by atoms with Crippen LogP contribution >= 0.6 is 0 Å². The first-order valence-electron chi connectivity index (χ1n) is 8.68. The number of nitrogens with one attached hydrogen (secondary N) is 1. The molecule has 0 unspecified atom stereocenters. The molecular formula is C19H24F2N2O2. The van der Waals surface area contributed by atoms with E-state index in [1.165, 1.54) is 6.07 Å². The van der Waals surface area contributed by atoms with E-state index in [0.29, 0.717) is 25.1 Å². The Bertz CT molecular complexity index is 714. The summed E-state index contributed by atoms with van der Waals surface area (Å²) >= 11 is 0. The van der Waals surface area contributed by atoms with E-state index in [9.17, 15) is 18.4 Å². The molecular weight excluding hydrogens is 326 g/mol. The van der Waals surface area contributed by atoms with Gasteiger partial charge in [0, 0.05) is 30.8 Å². The lowest BCUT2D eigenvalue weighted by Crippen LogP contribution is -2.56. The lowest BCUT2D eigenvalue weighted by molar-refractivity contribution is -0.139. The van der Waals surface area contributed by atoms with Crippen molar-refractivity contribution in [3.05, 3.63) is 35.4 Å². The monoisotopic (exact) mass is 350 g/mol. The maximum atomic E-state index is 13.8. The van der Waals surface area contributed by atoms with Crippen LogP contribution in [0.3, 0.4) is 0 Å². The number of carbonyl (C=O) groups excluding carboxylic acids is 2. The number of hydrogen-bond acceptors (Lipinski definition) is 2. The highest BCUT2D eigenvalue weighted by Gasteiger charge is 2.51. The van der Waals surface area contributed by atoms with E-state index in [-0.39, 0.29) is 17.7 Å². The summed E-state index contributed by atoms with van der Waals surface area (Å²) in [5, 5.41) is 3.06. The third-order valence-corrected chi connectivity index (χ3v) is 5.23. The van der Waals surface area contributed by atoms with Crippen LogP contribution in [0.15, 0.2) is 18.2 Å². The van der Waals surface area contributed by atoms with Crippen LogP contribution in [0.2, 0.25) is 0 Å². The Balaban J connectivity index is 1.98. The van der Waals surface area contributed by atoms with Crippen molar-refractivity contribution in [1.29, 1.82) is 0 Å². The highest BCUT2D eigenvalue weighted by atomic mass is 19.2. The number of nitrogens with zero attached hydrogens (tertiary/aromatic N) is 1. The van der Waals surface area contributed by atoms with Crippen LogP contribution in [0, 0.1) is 17.0 Å². The van der Waals surface area contributed by atoms with Crippen LogP contribution in [0.25, 0.3) is 0 Å². The summed E-state index contributed by atoms with van der Waals surface area (Å²) in [4.78, 5) is 26.5. The van der Waals surface area contributed by atoms with Crippen molar-refractivity contribution in [2.45, 2.75) is 51.5 Å². The van der Waals surface area contributed by atoms with Gasteiger partial charge in [-0.25, -0.2) is 8.78 Å². The van der Waals surface area contributed by atoms with Crippen molar-refractivity contribution >= 4 is 11.8 Å². The molecule has 1 spiro atoms. The smallest absolute Gasteiger partial charge is 0.228 e. The Hall–Kier alpha value is -1.98. The summed E-state index contributed by atoms with van der Waals surface area (Å²) in [5.74, 6) is -2.11. The van der Waals surface area contributed by atoms with Gasteiger partial charge in [0.25, 0.3) is 0 Å². The van der Waals surface area contributed by atoms with Crippen LogP contribution in [0.4, 0.5) is 8.78 Å². The fraction of sp³-hybridized carbons (Fsp3) is 0.579. The van der Waals surface area contributed by atoms with Crippen molar-refractivity contribution in [2.75, 3.05) is 13.1 Å². The fourth-order valence-electron chi connectivity index (χ4n) is 4.04. The second kappa shape index (κ2) is 6.07. The maximum absolute atomic E-state index is 13.8. The summed E-state index contributed by atoms with van der Waals surface area (Å²) in [6.45, 7) is 6.35. The molecule has 2 heterocycles. The predicted octanol–water partition coefficient (Wildman–Crippen LogP) is 2.98. The molecule has 3 rings (SSSR count). The molecule has 0 aromatic heterocycles. The van der Waals surface area contributed by atoms with Crippen LogP contribution in [0.1, 0.15) is 51.5 Å². The fourth-order valence-corrected chi connectivity index (χ4v) is 4.04. The van der Waals surface area contributed by atoms with Gasteiger partial charge >= 0.3 is 0 Å². The zero-order chi connectivity index (χ0) is 18.4. The van der Waals surface area contributed by atoms with Crippen LogP contribution < -0.4 is 5.32 Å². The second-order valence-corrected chi connectivity index (χ2v) is 8.22. The zero-order valence-electron chi connectivity index (χ0n) is 14.9. The highest BCUT2D eigenvalue weighted by molar-refractivity contribution is 5.83. The first-order chi connectivity index (χ1) is 11.6. The molecule has 1 N–H and O–H groups in total. The third-order valence-electron chi connectivity index (χ3n) is 5.23. The average Bonchev–Trinajstić information content (AvgIpc) is 2.86. The van der Waals surface area contributed by atoms with Gasteiger partial charge in [-0.3, -0.25) is 9.59 Å². The van der Waals surface area contributed by atoms with E-state index in [4.69, 9.17) is 0 Å². The van der Waals surface area contributed by atoms with Gasteiger partial charge in [0.05, 0.1) is 5.54 Å². The van der Waals surface area contributed by atoms with E-state index in [2.05, 4.69) is 5.32 Å². The van der Waals surface area contributed by atoms with E-state index < -0.39 is 22.6 Å². The van der Waals surface area contributed by atoms with Crippen LogP contribution in [0.5, 0.6) is 0 Å². The molecule has 2 aliphatic heterocycles. The molecule has 0 saturated carbocycles. The Kier molecular flexibility index (Phi) is 4.33. The SMILES string of the molecule is CC(C)(C)C(=O)N1C[C@@H](c2ccc(F)c(F)c2)[C@@]2(CCCC(=O)N2)C1. The Morgan fingerprint density at radius 1 is 1.28 bits per heavy atom. The normalized spacial score (nSPS) is 26.8. The minimum absolute atomic E-state index is 0.00298. The summed E-state index contributed by atoms with van der Waals surface area (Å²) in [7, 11) is 0. The first-order valence-corrected chi connectivity index (χ1v) is 8.68. The number of carbonyl (C=O) groups is 2. The minimum atomic E-state index is -0.907. The van der Waals surface area contributed by atoms with E-state index in [1.807, 2.05) is 20.8 Å². The molecule has 2 atom stereocenters.